The molecule has 2 aliphatic heterocycles. The maximum Gasteiger partial charge on any atom is 0.251 e. The summed E-state index contributed by atoms with van der Waals surface area (Å²) in [6.45, 7) is 1.52. The average Bonchev–Trinajstić information content (AvgIpc) is 3.17. The van der Waals surface area contributed by atoms with E-state index in [4.69, 9.17) is 14.0 Å². The molecule has 1 atom stereocenters. The molecule has 0 saturated heterocycles. The third-order valence-corrected chi connectivity index (χ3v) is 4.83. The summed E-state index contributed by atoms with van der Waals surface area (Å²) >= 11 is 0. The molecule has 7 heteroatoms. The number of rotatable bonds is 3. The van der Waals surface area contributed by atoms with Gasteiger partial charge in [-0.2, -0.15) is 4.98 Å². The third-order valence-electron chi connectivity index (χ3n) is 4.83. The van der Waals surface area contributed by atoms with Gasteiger partial charge in [-0.25, -0.2) is 0 Å². The highest BCUT2D eigenvalue weighted by atomic mass is 16.6. The second kappa shape index (κ2) is 6.42. The van der Waals surface area contributed by atoms with Crippen LogP contribution in [-0.2, 0) is 6.42 Å². The quantitative estimate of drug-likeness (QED) is 0.768. The first-order chi connectivity index (χ1) is 13.3. The van der Waals surface area contributed by atoms with E-state index in [0.717, 1.165) is 22.6 Å². The Balaban J connectivity index is 1.43. The molecule has 0 saturated carbocycles. The number of hydrogen-bond acceptors (Lipinski definition) is 6. The molecule has 0 radical (unpaired) electrons. The largest absolute Gasteiger partial charge is 0.486 e. The molecule has 0 fully saturated rings. The smallest absolute Gasteiger partial charge is 0.251 e. The molecule has 0 bridgehead atoms. The fourth-order valence-electron chi connectivity index (χ4n) is 3.55. The maximum absolute atomic E-state index is 12.0. The van der Waals surface area contributed by atoms with E-state index in [9.17, 15) is 4.79 Å². The molecule has 27 heavy (non-hydrogen) atoms. The summed E-state index contributed by atoms with van der Waals surface area (Å²) in [5.41, 5.74) is 2.51. The predicted molar refractivity (Wildman–Crippen MR) is 95.2 cm³/mol. The molecule has 3 heterocycles. The van der Waals surface area contributed by atoms with Gasteiger partial charge < -0.3 is 19.3 Å². The van der Waals surface area contributed by atoms with Crippen LogP contribution in [0, 0.1) is 0 Å². The Morgan fingerprint density at radius 3 is 2.93 bits per heavy atom. The highest BCUT2D eigenvalue weighted by Crippen LogP contribution is 2.35. The first kappa shape index (κ1) is 15.9. The number of amides is 1. The molecule has 2 aromatic carbocycles. The van der Waals surface area contributed by atoms with E-state index in [1.54, 1.807) is 0 Å². The van der Waals surface area contributed by atoms with Gasteiger partial charge in [0.1, 0.15) is 13.2 Å². The van der Waals surface area contributed by atoms with E-state index in [0.29, 0.717) is 43.5 Å². The molecule has 1 unspecified atom stereocenters. The Morgan fingerprint density at radius 1 is 1.07 bits per heavy atom. The number of carbonyl (C=O) groups excluding carboxylic acids is 1. The molecule has 1 N–H and O–H groups in total. The molecule has 2 aliphatic rings. The monoisotopic (exact) mass is 363 g/mol. The van der Waals surface area contributed by atoms with Crippen molar-refractivity contribution in [3.05, 3.63) is 70.9 Å². The van der Waals surface area contributed by atoms with Crippen LogP contribution in [0.4, 0.5) is 0 Å². The fraction of sp³-hybridized carbons (Fsp3) is 0.250. The summed E-state index contributed by atoms with van der Waals surface area (Å²) in [7, 11) is 0. The van der Waals surface area contributed by atoms with Crippen LogP contribution < -0.4 is 14.8 Å². The fourth-order valence-corrected chi connectivity index (χ4v) is 3.55. The van der Waals surface area contributed by atoms with Crippen LogP contribution in [0.2, 0.25) is 0 Å². The molecular weight excluding hydrogens is 346 g/mol. The van der Waals surface area contributed by atoms with Gasteiger partial charge in [0.05, 0.1) is 5.92 Å². The topological polar surface area (TPSA) is 86.5 Å². The van der Waals surface area contributed by atoms with Gasteiger partial charge in [0.25, 0.3) is 5.91 Å². The summed E-state index contributed by atoms with van der Waals surface area (Å²) < 4.78 is 16.9. The van der Waals surface area contributed by atoms with Crippen LogP contribution in [-0.4, -0.2) is 35.8 Å². The third kappa shape index (κ3) is 2.81. The minimum absolute atomic E-state index is 0.0744. The van der Waals surface area contributed by atoms with E-state index in [1.165, 1.54) is 0 Å². The van der Waals surface area contributed by atoms with Crippen molar-refractivity contribution in [1.29, 1.82) is 0 Å². The van der Waals surface area contributed by atoms with Crippen LogP contribution in [0.1, 0.15) is 39.1 Å². The number of para-hydroxylation sites is 1. The predicted octanol–water partition coefficient (Wildman–Crippen LogP) is 2.31. The standard InChI is InChI=1S/C20H17N3O4/c24-19-14-6-2-1-5-13(14)15(11-21-19)20-22-17(23-27-20)10-12-4-3-7-16-18(12)26-9-8-25-16/h1-7,15H,8-11H2,(H,21,24). The lowest BCUT2D eigenvalue weighted by atomic mass is 9.90. The van der Waals surface area contributed by atoms with Gasteiger partial charge >= 0.3 is 0 Å². The Labute approximate surface area is 155 Å². The van der Waals surface area contributed by atoms with Crippen LogP contribution in [0.15, 0.2) is 47.0 Å². The van der Waals surface area contributed by atoms with E-state index in [1.807, 2.05) is 42.5 Å². The lowest BCUT2D eigenvalue weighted by Gasteiger charge is -2.22. The van der Waals surface area contributed by atoms with Crippen molar-refractivity contribution < 1.29 is 18.8 Å². The van der Waals surface area contributed by atoms with E-state index in [2.05, 4.69) is 15.5 Å². The minimum Gasteiger partial charge on any atom is -0.486 e. The van der Waals surface area contributed by atoms with Gasteiger partial charge in [-0.3, -0.25) is 4.79 Å². The lowest BCUT2D eigenvalue weighted by Crippen LogP contribution is -2.35. The molecule has 0 spiro atoms. The van der Waals surface area contributed by atoms with Gasteiger partial charge in [-0.1, -0.05) is 35.5 Å². The zero-order valence-corrected chi connectivity index (χ0v) is 14.5. The van der Waals surface area contributed by atoms with Crippen molar-refractivity contribution >= 4 is 5.91 Å². The number of aromatic nitrogens is 2. The number of carbonyl (C=O) groups is 1. The van der Waals surface area contributed by atoms with Gasteiger partial charge in [0.15, 0.2) is 17.3 Å². The van der Waals surface area contributed by atoms with Gasteiger partial charge in [-0.05, 0) is 17.7 Å². The molecule has 1 aromatic heterocycles. The second-order valence-corrected chi connectivity index (χ2v) is 6.52. The first-order valence-electron chi connectivity index (χ1n) is 8.86. The highest BCUT2D eigenvalue weighted by molar-refractivity contribution is 5.97. The summed E-state index contributed by atoms with van der Waals surface area (Å²) in [6, 6.07) is 13.3. The van der Waals surface area contributed by atoms with Gasteiger partial charge in [0.2, 0.25) is 5.89 Å². The Kier molecular flexibility index (Phi) is 3.78. The normalized spacial score (nSPS) is 17.9. The Bertz CT molecular complexity index is 1010. The van der Waals surface area contributed by atoms with Gasteiger partial charge in [0, 0.05) is 24.1 Å². The highest BCUT2D eigenvalue weighted by Gasteiger charge is 2.30. The van der Waals surface area contributed by atoms with Crippen LogP contribution in [0.25, 0.3) is 0 Å². The number of hydrogen-bond donors (Lipinski definition) is 1. The van der Waals surface area contributed by atoms with E-state index in [-0.39, 0.29) is 11.8 Å². The summed E-state index contributed by atoms with van der Waals surface area (Å²) in [6.07, 6.45) is 0.483. The summed E-state index contributed by atoms with van der Waals surface area (Å²) in [5.74, 6) is 2.33. The SMILES string of the molecule is O=C1NCC(c2nc(Cc3cccc4c3OCCO4)no2)c2ccccc21. The van der Waals surface area contributed by atoms with Crippen molar-refractivity contribution in [2.45, 2.75) is 12.3 Å². The molecule has 1 amide bonds. The minimum atomic E-state index is -0.149. The van der Waals surface area contributed by atoms with Crippen molar-refractivity contribution in [1.82, 2.24) is 15.5 Å². The van der Waals surface area contributed by atoms with Crippen molar-refractivity contribution in [3.8, 4) is 11.5 Å². The van der Waals surface area contributed by atoms with Crippen molar-refractivity contribution in [2.75, 3.05) is 19.8 Å². The summed E-state index contributed by atoms with van der Waals surface area (Å²) in [4.78, 5) is 16.6. The lowest BCUT2D eigenvalue weighted by molar-refractivity contribution is 0.0940. The van der Waals surface area contributed by atoms with Gasteiger partial charge in [-0.15, -0.1) is 0 Å². The molecule has 3 aromatic rings. The van der Waals surface area contributed by atoms with Crippen molar-refractivity contribution in [2.24, 2.45) is 0 Å². The number of ether oxygens (including phenoxy) is 2. The Morgan fingerprint density at radius 2 is 1.96 bits per heavy atom. The first-order valence-corrected chi connectivity index (χ1v) is 8.86. The van der Waals surface area contributed by atoms with E-state index >= 15 is 0 Å². The maximum atomic E-state index is 12.0. The molecule has 5 rings (SSSR count). The number of nitrogens with zero attached hydrogens (tertiary/aromatic N) is 2. The number of benzene rings is 2. The zero-order chi connectivity index (χ0) is 18.2. The van der Waals surface area contributed by atoms with Crippen LogP contribution in [0.5, 0.6) is 11.5 Å². The molecule has 136 valence electrons. The van der Waals surface area contributed by atoms with Crippen LogP contribution >= 0.6 is 0 Å². The molecule has 7 nitrogen and oxygen atoms in total. The van der Waals surface area contributed by atoms with Crippen molar-refractivity contribution in [3.63, 3.8) is 0 Å². The number of fused-ring (bicyclic) bond motifs is 2. The van der Waals surface area contributed by atoms with E-state index < -0.39 is 0 Å². The second-order valence-electron chi connectivity index (χ2n) is 6.52. The van der Waals surface area contributed by atoms with Crippen LogP contribution in [0.3, 0.4) is 0 Å². The molecule has 0 aliphatic carbocycles. The number of nitrogens with one attached hydrogen (secondary N) is 1. The average molecular weight is 363 g/mol. The molecular formula is C20H17N3O4. The summed E-state index contributed by atoms with van der Waals surface area (Å²) in [5, 5.41) is 7.02. The Hall–Kier alpha value is -3.35. The zero-order valence-electron chi connectivity index (χ0n) is 14.5.